The summed E-state index contributed by atoms with van der Waals surface area (Å²) >= 11 is 0. The van der Waals surface area contributed by atoms with Crippen molar-refractivity contribution in [2.24, 2.45) is 17.6 Å². The van der Waals surface area contributed by atoms with Crippen LogP contribution in [0.2, 0.25) is 0 Å². The van der Waals surface area contributed by atoms with E-state index in [1.165, 1.54) is 12.8 Å². The van der Waals surface area contributed by atoms with Gasteiger partial charge in [0, 0.05) is 24.2 Å². The van der Waals surface area contributed by atoms with E-state index < -0.39 is 0 Å². The fraction of sp³-hybridized carbons (Fsp3) is 0.562. The predicted molar refractivity (Wildman–Crippen MR) is 84.1 cm³/mol. The van der Waals surface area contributed by atoms with Gasteiger partial charge in [-0.2, -0.15) is 0 Å². The molecule has 2 fully saturated rings. The maximum absolute atomic E-state index is 12.7. The molecule has 2 atom stereocenters. The Morgan fingerprint density at radius 2 is 1.85 bits per heavy atom. The molecule has 3 rings (SSSR count). The Kier molecular flexibility index (Phi) is 5.06. The number of carbonyl (C=O) groups is 1. The molecule has 2 aliphatic rings. The maximum Gasteiger partial charge on any atom is 0.230 e. The summed E-state index contributed by atoms with van der Waals surface area (Å²) in [5.74, 6) is 1.12. The quantitative estimate of drug-likeness (QED) is 0.928. The van der Waals surface area contributed by atoms with Crippen LogP contribution in [-0.2, 0) is 4.79 Å². The summed E-state index contributed by atoms with van der Waals surface area (Å²) in [6.45, 7) is 0.884. The van der Waals surface area contributed by atoms with E-state index in [0.717, 1.165) is 31.5 Å². The molecule has 3 nitrogen and oxygen atoms in total. The molecule has 2 aliphatic carbocycles. The Labute approximate surface area is 126 Å². The summed E-state index contributed by atoms with van der Waals surface area (Å²) in [6.07, 6.45) is 5.32. The first-order chi connectivity index (χ1) is 9.24. The van der Waals surface area contributed by atoms with Crippen LogP contribution in [-0.4, -0.2) is 18.5 Å². The lowest BCUT2D eigenvalue weighted by Crippen LogP contribution is -2.37. The van der Waals surface area contributed by atoms with E-state index in [0.29, 0.717) is 5.92 Å². The first-order valence-electron chi connectivity index (χ1n) is 7.36. The second-order valence-electron chi connectivity index (χ2n) is 6.00. The fourth-order valence-electron chi connectivity index (χ4n) is 2.95. The van der Waals surface area contributed by atoms with E-state index in [2.05, 4.69) is 0 Å². The van der Waals surface area contributed by atoms with Crippen molar-refractivity contribution < 1.29 is 4.79 Å². The van der Waals surface area contributed by atoms with Gasteiger partial charge in [-0.1, -0.05) is 18.2 Å². The third-order valence-corrected chi connectivity index (χ3v) is 4.29. The Hall–Kier alpha value is -1.06. The highest BCUT2D eigenvalue weighted by atomic mass is 35.5. The smallest absolute Gasteiger partial charge is 0.230 e. The van der Waals surface area contributed by atoms with Gasteiger partial charge >= 0.3 is 0 Å². The minimum absolute atomic E-state index is 0. The lowest BCUT2D eigenvalue weighted by Gasteiger charge is -2.26. The van der Waals surface area contributed by atoms with Crippen LogP contribution in [0.3, 0.4) is 0 Å². The van der Waals surface area contributed by atoms with Gasteiger partial charge in [0.2, 0.25) is 5.91 Å². The summed E-state index contributed by atoms with van der Waals surface area (Å²) < 4.78 is 0. The molecule has 20 heavy (non-hydrogen) atoms. The molecule has 0 bridgehead atoms. The molecular formula is C16H23ClN2O. The summed E-state index contributed by atoms with van der Waals surface area (Å²) in [5, 5.41) is 0. The van der Waals surface area contributed by atoms with Gasteiger partial charge in [-0.3, -0.25) is 4.79 Å². The van der Waals surface area contributed by atoms with Crippen molar-refractivity contribution in [1.82, 2.24) is 0 Å². The van der Waals surface area contributed by atoms with Gasteiger partial charge in [-0.15, -0.1) is 12.4 Å². The molecule has 0 spiro atoms. The number of rotatable bonds is 4. The Bertz CT molecular complexity index is 447. The molecule has 0 heterocycles. The van der Waals surface area contributed by atoms with Crippen molar-refractivity contribution in [3.8, 4) is 0 Å². The standard InChI is InChI=1S/C16H22N2O.ClH/c17-14-9-8-13(10-14)16(19)18(11-12-6-7-12)15-4-2-1-3-5-15;/h1-5,12-14H,6-11,17H2;1H. The molecule has 1 aromatic rings. The zero-order chi connectivity index (χ0) is 13.2. The molecule has 2 saturated carbocycles. The molecule has 2 N–H and O–H groups in total. The van der Waals surface area contributed by atoms with Crippen molar-refractivity contribution in [3.63, 3.8) is 0 Å². The molecule has 0 radical (unpaired) electrons. The summed E-state index contributed by atoms with van der Waals surface area (Å²) in [5.41, 5.74) is 6.99. The van der Waals surface area contributed by atoms with Gasteiger partial charge in [0.25, 0.3) is 0 Å². The Morgan fingerprint density at radius 1 is 1.15 bits per heavy atom. The van der Waals surface area contributed by atoms with Crippen molar-refractivity contribution >= 4 is 24.0 Å². The highest BCUT2D eigenvalue weighted by Gasteiger charge is 2.34. The van der Waals surface area contributed by atoms with Crippen LogP contribution in [0.5, 0.6) is 0 Å². The van der Waals surface area contributed by atoms with E-state index in [1.54, 1.807) is 0 Å². The number of nitrogens with two attached hydrogens (primary N) is 1. The van der Waals surface area contributed by atoms with Crippen LogP contribution >= 0.6 is 12.4 Å². The first kappa shape index (κ1) is 15.3. The number of anilines is 1. The van der Waals surface area contributed by atoms with Crippen LogP contribution in [0.15, 0.2) is 30.3 Å². The van der Waals surface area contributed by atoms with Crippen molar-refractivity contribution in [2.75, 3.05) is 11.4 Å². The predicted octanol–water partition coefficient (Wildman–Crippen LogP) is 2.98. The third-order valence-electron chi connectivity index (χ3n) is 4.29. The fourth-order valence-corrected chi connectivity index (χ4v) is 2.95. The van der Waals surface area contributed by atoms with Gasteiger partial charge in [0.1, 0.15) is 0 Å². The second-order valence-corrected chi connectivity index (χ2v) is 6.00. The number of amides is 1. The van der Waals surface area contributed by atoms with E-state index in [9.17, 15) is 4.79 Å². The Balaban J connectivity index is 0.00000147. The van der Waals surface area contributed by atoms with Crippen molar-refractivity contribution in [1.29, 1.82) is 0 Å². The number of nitrogens with zero attached hydrogens (tertiary/aromatic N) is 1. The molecule has 0 saturated heterocycles. The van der Waals surface area contributed by atoms with Crippen molar-refractivity contribution in [2.45, 2.75) is 38.1 Å². The van der Waals surface area contributed by atoms with Crippen LogP contribution in [0, 0.1) is 11.8 Å². The maximum atomic E-state index is 12.7. The molecule has 4 heteroatoms. The van der Waals surface area contributed by atoms with E-state index in [4.69, 9.17) is 5.73 Å². The van der Waals surface area contributed by atoms with E-state index in [1.807, 2.05) is 35.2 Å². The average Bonchev–Trinajstić information content (AvgIpc) is 3.16. The molecule has 2 unspecified atom stereocenters. The first-order valence-corrected chi connectivity index (χ1v) is 7.36. The molecule has 1 aromatic carbocycles. The molecular weight excluding hydrogens is 272 g/mol. The average molecular weight is 295 g/mol. The lowest BCUT2D eigenvalue weighted by atomic mass is 10.1. The van der Waals surface area contributed by atoms with Gasteiger partial charge in [-0.05, 0) is 50.2 Å². The zero-order valence-electron chi connectivity index (χ0n) is 11.7. The molecule has 110 valence electrons. The van der Waals surface area contributed by atoms with Gasteiger partial charge in [-0.25, -0.2) is 0 Å². The number of halogens is 1. The van der Waals surface area contributed by atoms with Crippen LogP contribution in [0.1, 0.15) is 32.1 Å². The normalized spacial score (nSPS) is 25.1. The van der Waals surface area contributed by atoms with E-state index in [-0.39, 0.29) is 30.3 Å². The topological polar surface area (TPSA) is 46.3 Å². The van der Waals surface area contributed by atoms with Crippen molar-refractivity contribution in [3.05, 3.63) is 30.3 Å². The zero-order valence-corrected chi connectivity index (χ0v) is 12.5. The van der Waals surface area contributed by atoms with Crippen LogP contribution in [0.4, 0.5) is 5.69 Å². The lowest BCUT2D eigenvalue weighted by molar-refractivity contribution is -0.122. The minimum atomic E-state index is 0. The van der Waals surface area contributed by atoms with Crippen LogP contribution in [0.25, 0.3) is 0 Å². The van der Waals surface area contributed by atoms with Crippen LogP contribution < -0.4 is 10.6 Å². The number of benzene rings is 1. The number of hydrogen-bond donors (Lipinski definition) is 1. The van der Waals surface area contributed by atoms with Gasteiger partial charge in [0.15, 0.2) is 0 Å². The largest absolute Gasteiger partial charge is 0.328 e. The number of hydrogen-bond acceptors (Lipinski definition) is 2. The van der Waals surface area contributed by atoms with Gasteiger partial charge < -0.3 is 10.6 Å². The highest BCUT2D eigenvalue weighted by Crippen LogP contribution is 2.34. The number of carbonyl (C=O) groups excluding carboxylic acids is 1. The molecule has 0 aromatic heterocycles. The third kappa shape index (κ3) is 3.53. The SMILES string of the molecule is Cl.NC1CCC(C(=O)N(CC2CC2)c2ccccc2)C1. The second kappa shape index (κ2) is 6.59. The number of para-hydroxylation sites is 1. The van der Waals surface area contributed by atoms with Gasteiger partial charge in [0.05, 0.1) is 0 Å². The van der Waals surface area contributed by atoms with E-state index >= 15 is 0 Å². The summed E-state index contributed by atoms with van der Waals surface area (Å²) in [7, 11) is 0. The molecule has 1 amide bonds. The monoisotopic (exact) mass is 294 g/mol. The summed E-state index contributed by atoms with van der Waals surface area (Å²) in [6, 6.07) is 10.3. The Morgan fingerprint density at radius 3 is 2.40 bits per heavy atom. The summed E-state index contributed by atoms with van der Waals surface area (Å²) in [4.78, 5) is 14.7. The minimum Gasteiger partial charge on any atom is -0.328 e. The highest BCUT2D eigenvalue weighted by molar-refractivity contribution is 5.95. The molecule has 0 aliphatic heterocycles.